The van der Waals surface area contributed by atoms with E-state index in [0.29, 0.717) is 16.1 Å². The van der Waals surface area contributed by atoms with Gasteiger partial charge in [-0.25, -0.2) is 9.69 Å². The second kappa shape index (κ2) is 10.4. The molecule has 4 rings (SSSR count). The number of urea groups is 1. The molecule has 12 heteroatoms. The number of nitrogens with zero attached hydrogens (tertiary/aromatic N) is 1. The molecule has 0 aliphatic carbocycles. The number of nitrogens with one attached hydrogen (secondary N) is 1. The molecule has 0 aromatic heterocycles. The van der Waals surface area contributed by atoms with Crippen LogP contribution in [-0.2, 0) is 19.7 Å². The lowest BCUT2D eigenvalue weighted by Crippen LogP contribution is -2.54. The average molecular weight is 606 g/mol. The van der Waals surface area contributed by atoms with E-state index in [0.717, 1.165) is 4.90 Å². The molecule has 0 bridgehead atoms. The number of barbiturate groups is 1. The number of imide groups is 2. The molecule has 0 saturated carbocycles. The van der Waals surface area contributed by atoms with Crippen molar-refractivity contribution in [2.75, 3.05) is 12.0 Å². The normalized spacial score (nSPS) is 15.1. The number of amides is 4. The summed E-state index contributed by atoms with van der Waals surface area (Å²) >= 11 is 9.42. The van der Waals surface area contributed by atoms with Gasteiger partial charge in [0.05, 0.1) is 17.3 Å². The molecule has 0 unspecified atom stereocenters. The third kappa shape index (κ3) is 5.24. The Morgan fingerprint density at radius 3 is 2.41 bits per heavy atom. The van der Waals surface area contributed by atoms with Crippen LogP contribution >= 0.6 is 27.5 Å². The largest absolute Gasteiger partial charge is 0.493 e. The predicted molar refractivity (Wildman–Crippen MR) is 140 cm³/mol. The highest BCUT2D eigenvalue weighted by atomic mass is 79.9. The van der Waals surface area contributed by atoms with E-state index in [1.165, 1.54) is 43.5 Å². The van der Waals surface area contributed by atoms with Crippen LogP contribution in [0, 0.1) is 6.92 Å². The Hall–Kier alpha value is -3.67. The van der Waals surface area contributed by atoms with Gasteiger partial charge in [0.2, 0.25) is 0 Å². The molecule has 9 nitrogen and oxygen atoms in total. The van der Waals surface area contributed by atoms with E-state index in [1.807, 2.05) is 0 Å². The fourth-order valence-corrected chi connectivity index (χ4v) is 5.33. The number of hydrogen-bond acceptors (Lipinski definition) is 7. The van der Waals surface area contributed by atoms with Crippen molar-refractivity contribution < 1.29 is 31.7 Å². The molecule has 1 aliphatic rings. The van der Waals surface area contributed by atoms with Crippen LogP contribution in [0.3, 0.4) is 0 Å². The van der Waals surface area contributed by atoms with Crippen LogP contribution in [0.15, 0.2) is 75.6 Å². The monoisotopic (exact) mass is 604 g/mol. The van der Waals surface area contributed by atoms with Crippen LogP contribution in [-0.4, -0.2) is 33.4 Å². The number of hydrogen-bond donors (Lipinski definition) is 1. The van der Waals surface area contributed by atoms with Crippen LogP contribution in [0.1, 0.15) is 11.1 Å². The second-order valence-electron chi connectivity index (χ2n) is 7.73. The van der Waals surface area contributed by atoms with Gasteiger partial charge in [-0.05, 0) is 76.5 Å². The minimum Gasteiger partial charge on any atom is -0.493 e. The first-order chi connectivity index (χ1) is 17.5. The Morgan fingerprint density at radius 1 is 1.03 bits per heavy atom. The fraction of sp³-hybridized carbons (Fsp3) is 0.0800. The van der Waals surface area contributed by atoms with Crippen molar-refractivity contribution in [1.29, 1.82) is 0 Å². The van der Waals surface area contributed by atoms with Gasteiger partial charge in [-0.1, -0.05) is 35.9 Å². The first kappa shape index (κ1) is 26.4. The van der Waals surface area contributed by atoms with E-state index in [2.05, 4.69) is 21.2 Å². The Balaban J connectivity index is 1.73. The number of carbonyl (C=O) groups is 3. The van der Waals surface area contributed by atoms with Crippen molar-refractivity contribution in [2.45, 2.75) is 11.8 Å². The van der Waals surface area contributed by atoms with Gasteiger partial charge in [0.25, 0.3) is 11.8 Å². The second-order valence-corrected chi connectivity index (χ2v) is 10.5. The summed E-state index contributed by atoms with van der Waals surface area (Å²) in [7, 11) is -2.87. The Labute approximate surface area is 225 Å². The van der Waals surface area contributed by atoms with Crippen molar-refractivity contribution in [1.82, 2.24) is 5.32 Å². The molecule has 190 valence electrons. The molecular weight excluding hydrogens is 588 g/mol. The maximum absolute atomic E-state index is 13.3. The van der Waals surface area contributed by atoms with Gasteiger partial charge in [-0.3, -0.25) is 14.9 Å². The standard InChI is InChI=1S/C25H18BrClN2O7S/c1-14-19(27)9-6-10-20(14)29-24(31)17(23(30)28-25(29)32)11-15-12-18(26)22(21(13-15)35-2)36-37(33,34)16-7-4-3-5-8-16/h3-13H,1-2H3,(H,28,30,32)/b17-11+. The average Bonchev–Trinajstić information content (AvgIpc) is 2.86. The Morgan fingerprint density at radius 2 is 1.73 bits per heavy atom. The quantitative estimate of drug-likeness (QED) is 0.242. The van der Waals surface area contributed by atoms with Crippen LogP contribution in [0.2, 0.25) is 5.02 Å². The molecule has 1 fully saturated rings. The molecule has 0 atom stereocenters. The number of carbonyl (C=O) groups excluding carboxylic acids is 3. The molecule has 1 saturated heterocycles. The molecule has 0 radical (unpaired) electrons. The first-order valence-electron chi connectivity index (χ1n) is 10.6. The summed E-state index contributed by atoms with van der Waals surface area (Å²) in [4.78, 5) is 39.1. The van der Waals surface area contributed by atoms with Crippen LogP contribution < -0.4 is 19.1 Å². The molecule has 3 aromatic rings. The van der Waals surface area contributed by atoms with Gasteiger partial charge in [0.15, 0.2) is 11.5 Å². The van der Waals surface area contributed by atoms with Crippen molar-refractivity contribution in [2.24, 2.45) is 0 Å². The summed E-state index contributed by atoms with van der Waals surface area (Å²) in [6.07, 6.45) is 1.25. The Bertz CT molecular complexity index is 1570. The van der Waals surface area contributed by atoms with Gasteiger partial charge >= 0.3 is 16.1 Å². The topological polar surface area (TPSA) is 119 Å². The number of benzene rings is 3. The zero-order valence-electron chi connectivity index (χ0n) is 19.3. The highest BCUT2D eigenvalue weighted by Crippen LogP contribution is 2.39. The molecule has 1 heterocycles. The number of rotatable bonds is 6. The van der Waals surface area contributed by atoms with Gasteiger partial charge in [0, 0.05) is 5.02 Å². The number of ether oxygens (including phenoxy) is 1. The number of halogens is 2. The molecule has 0 spiro atoms. The summed E-state index contributed by atoms with van der Waals surface area (Å²) in [5.74, 6) is -1.86. The molecular formula is C25H18BrClN2O7S. The van der Waals surface area contributed by atoms with E-state index in [9.17, 15) is 22.8 Å². The lowest BCUT2D eigenvalue weighted by atomic mass is 10.1. The predicted octanol–water partition coefficient (Wildman–Crippen LogP) is 4.85. The fourth-order valence-electron chi connectivity index (χ4n) is 3.53. The van der Waals surface area contributed by atoms with Crippen LogP contribution in [0.25, 0.3) is 6.08 Å². The van der Waals surface area contributed by atoms with Gasteiger partial charge in [-0.2, -0.15) is 8.42 Å². The molecule has 1 aliphatic heterocycles. The summed E-state index contributed by atoms with van der Waals surface area (Å²) in [6, 6.07) is 14.2. The maximum atomic E-state index is 13.3. The smallest absolute Gasteiger partial charge is 0.339 e. The van der Waals surface area contributed by atoms with Crippen molar-refractivity contribution in [3.8, 4) is 11.5 Å². The van der Waals surface area contributed by atoms with E-state index < -0.39 is 28.0 Å². The van der Waals surface area contributed by atoms with E-state index in [1.54, 1.807) is 37.3 Å². The number of methoxy groups -OCH3 is 1. The molecule has 3 aromatic carbocycles. The van der Waals surface area contributed by atoms with Crippen LogP contribution in [0.5, 0.6) is 11.5 Å². The van der Waals surface area contributed by atoms with Crippen molar-refractivity contribution >= 4 is 67.3 Å². The van der Waals surface area contributed by atoms with Gasteiger partial charge in [-0.15, -0.1) is 0 Å². The Kier molecular flexibility index (Phi) is 7.39. The number of anilines is 1. The minimum atomic E-state index is -4.18. The van der Waals surface area contributed by atoms with E-state index >= 15 is 0 Å². The summed E-state index contributed by atoms with van der Waals surface area (Å²) < 4.78 is 36.2. The van der Waals surface area contributed by atoms with Crippen molar-refractivity contribution in [3.63, 3.8) is 0 Å². The maximum Gasteiger partial charge on any atom is 0.339 e. The zero-order valence-corrected chi connectivity index (χ0v) is 22.5. The SMILES string of the molecule is COc1cc(/C=C2\C(=O)NC(=O)N(c3cccc(Cl)c3C)C2=O)cc(Br)c1OS(=O)(=O)c1ccccc1. The summed E-state index contributed by atoms with van der Waals surface area (Å²) in [6.45, 7) is 1.64. The highest BCUT2D eigenvalue weighted by Gasteiger charge is 2.37. The summed E-state index contributed by atoms with van der Waals surface area (Å²) in [5, 5.41) is 2.49. The summed E-state index contributed by atoms with van der Waals surface area (Å²) in [5.41, 5.74) is 0.663. The first-order valence-corrected chi connectivity index (χ1v) is 13.1. The molecule has 4 amide bonds. The van der Waals surface area contributed by atoms with Crippen molar-refractivity contribution in [3.05, 3.63) is 86.9 Å². The zero-order chi connectivity index (χ0) is 26.9. The van der Waals surface area contributed by atoms with E-state index in [4.69, 9.17) is 20.5 Å². The third-order valence-corrected chi connectivity index (χ3v) is 7.60. The third-order valence-electron chi connectivity index (χ3n) is 5.37. The minimum absolute atomic E-state index is 0.0167. The lowest BCUT2D eigenvalue weighted by molar-refractivity contribution is -0.122. The van der Waals surface area contributed by atoms with E-state index in [-0.39, 0.29) is 32.1 Å². The van der Waals surface area contributed by atoms with Crippen LogP contribution in [0.4, 0.5) is 10.5 Å². The van der Waals surface area contributed by atoms with Gasteiger partial charge < -0.3 is 8.92 Å². The molecule has 1 N–H and O–H groups in total. The molecule has 37 heavy (non-hydrogen) atoms. The highest BCUT2D eigenvalue weighted by molar-refractivity contribution is 9.10. The lowest BCUT2D eigenvalue weighted by Gasteiger charge is -2.27. The van der Waals surface area contributed by atoms with Gasteiger partial charge in [0.1, 0.15) is 10.5 Å².